The van der Waals surface area contributed by atoms with Crippen molar-refractivity contribution in [3.8, 4) is 0 Å². The molecule has 18 heavy (non-hydrogen) atoms. The van der Waals surface area contributed by atoms with Crippen LogP contribution in [0, 0.1) is 16.7 Å². The van der Waals surface area contributed by atoms with Gasteiger partial charge in [-0.05, 0) is 55.1 Å². The van der Waals surface area contributed by atoms with Gasteiger partial charge in [0.25, 0.3) is 0 Å². The third-order valence-corrected chi connectivity index (χ3v) is 7.58. The van der Waals surface area contributed by atoms with Gasteiger partial charge >= 0.3 is 0 Å². The smallest absolute Gasteiger partial charge is 0.0198 e. The van der Waals surface area contributed by atoms with Gasteiger partial charge in [0.15, 0.2) is 0 Å². The highest BCUT2D eigenvalue weighted by molar-refractivity contribution is 7.99. The quantitative estimate of drug-likeness (QED) is 0.827. The molecule has 0 aliphatic heterocycles. The van der Waals surface area contributed by atoms with Crippen LogP contribution in [0.25, 0.3) is 0 Å². The number of thioether (sulfide) groups is 1. The Morgan fingerprint density at radius 1 is 1.11 bits per heavy atom. The first-order chi connectivity index (χ1) is 8.47. The Kier molecular flexibility index (Phi) is 3.26. The first kappa shape index (κ1) is 13.3. The number of hydrogen-bond acceptors (Lipinski definition) is 2. The minimum atomic E-state index is 0.512. The summed E-state index contributed by atoms with van der Waals surface area (Å²) in [4.78, 5) is 0. The average Bonchev–Trinajstić information content (AvgIpc) is 2.95. The Hall–Kier alpha value is 0.310. The molecule has 104 valence electrons. The standard InChI is InChI=1S/C16H29NS/c1-15(2)11-8-9-16(3,10-11)14(15)17-12-6-5-7-13(12)18-4/h11-14,17H,5-10H2,1-4H3/t11-,12?,13?,14?,16+/m0/s1. The fourth-order valence-electron chi connectivity index (χ4n) is 5.33. The molecule has 0 radical (unpaired) electrons. The van der Waals surface area contributed by atoms with Gasteiger partial charge < -0.3 is 5.32 Å². The van der Waals surface area contributed by atoms with Crippen LogP contribution in [0.1, 0.15) is 59.3 Å². The number of fused-ring (bicyclic) bond motifs is 2. The van der Waals surface area contributed by atoms with Crippen LogP contribution in [0.5, 0.6) is 0 Å². The van der Waals surface area contributed by atoms with Crippen LogP contribution in [-0.2, 0) is 0 Å². The van der Waals surface area contributed by atoms with Crippen LogP contribution in [0.4, 0.5) is 0 Å². The Labute approximate surface area is 117 Å². The van der Waals surface area contributed by atoms with Gasteiger partial charge in [-0.25, -0.2) is 0 Å². The first-order valence-corrected chi connectivity index (χ1v) is 9.05. The third kappa shape index (κ3) is 1.86. The largest absolute Gasteiger partial charge is 0.309 e. The summed E-state index contributed by atoms with van der Waals surface area (Å²) < 4.78 is 0. The maximum absolute atomic E-state index is 4.12. The molecule has 1 N–H and O–H groups in total. The van der Waals surface area contributed by atoms with Crippen molar-refractivity contribution in [3.63, 3.8) is 0 Å². The van der Waals surface area contributed by atoms with E-state index in [4.69, 9.17) is 0 Å². The number of hydrogen-bond donors (Lipinski definition) is 1. The molecule has 0 amide bonds. The average molecular weight is 267 g/mol. The molecular weight excluding hydrogens is 238 g/mol. The predicted octanol–water partition coefficient (Wildman–Crippen LogP) is 4.07. The summed E-state index contributed by atoms with van der Waals surface area (Å²) in [6, 6.07) is 1.53. The van der Waals surface area contributed by atoms with Crippen LogP contribution in [0.2, 0.25) is 0 Å². The Balaban J connectivity index is 1.76. The molecule has 3 unspecified atom stereocenters. The molecule has 3 fully saturated rings. The summed E-state index contributed by atoms with van der Waals surface area (Å²) in [5.41, 5.74) is 1.10. The minimum Gasteiger partial charge on any atom is -0.309 e. The van der Waals surface area contributed by atoms with Gasteiger partial charge in [0.2, 0.25) is 0 Å². The molecule has 0 spiro atoms. The van der Waals surface area contributed by atoms with Crippen LogP contribution in [-0.4, -0.2) is 23.6 Å². The van der Waals surface area contributed by atoms with E-state index in [0.29, 0.717) is 10.8 Å². The summed E-state index contributed by atoms with van der Waals surface area (Å²) in [5.74, 6) is 0.967. The van der Waals surface area contributed by atoms with Crippen molar-refractivity contribution in [1.29, 1.82) is 0 Å². The van der Waals surface area contributed by atoms with E-state index >= 15 is 0 Å². The number of rotatable bonds is 3. The molecule has 3 saturated carbocycles. The van der Waals surface area contributed by atoms with Crippen molar-refractivity contribution in [2.75, 3.05) is 6.26 Å². The highest BCUT2D eigenvalue weighted by Crippen LogP contribution is 2.62. The lowest BCUT2D eigenvalue weighted by molar-refractivity contribution is 0.0994. The van der Waals surface area contributed by atoms with E-state index in [1.165, 1.54) is 38.5 Å². The Bertz CT molecular complexity index is 322. The topological polar surface area (TPSA) is 12.0 Å². The lowest BCUT2D eigenvalue weighted by Gasteiger charge is -2.45. The molecule has 0 aromatic carbocycles. The van der Waals surface area contributed by atoms with Crippen molar-refractivity contribution >= 4 is 11.8 Å². The lowest BCUT2D eigenvalue weighted by atomic mass is 9.68. The van der Waals surface area contributed by atoms with E-state index in [-0.39, 0.29) is 0 Å². The minimum absolute atomic E-state index is 0.512. The highest BCUT2D eigenvalue weighted by Gasteiger charge is 2.59. The van der Waals surface area contributed by atoms with Gasteiger partial charge in [-0.2, -0.15) is 11.8 Å². The van der Waals surface area contributed by atoms with Gasteiger partial charge in [0.1, 0.15) is 0 Å². The molecule has 0 heterocycles. The summed E-state index contributed by atoms with van der Waals surface area (Å²) in [6.07, 6.45) is 10.9. The maximum Gasteiger partial charge on any atom is 0.0198 e. The van der Waals surface area contributed by atoms with Gasteiger partial charge in [-0.3, -0.25) is 0 Å². The molecule has 3 rings (SSSR count). The molecule has 3 aliphatic carbocycles. The fourth-order valence-corrected chi connectivity index (χ4v) is 6.28. The molecule has 0 aromatic rings. The van der Waals surface area contributed by atoms with Crippen molar-refractivity contribution < 1.29 is 0 Å². The van der Waals surface area contributed by atoms with E-state index in [2.05, 4.69) is 44.1 Å². The van der Waals surface area contributed by atoms with E-state index in [1.807, 2.05) is 0 Å². The SMILES string of the molecule is CSC1CCCC1NC1C(C)(C)[C@H]2CC[C@]1(C)C2. The lowest BCUT2D eigenvalue weighted by Crippen LogP contribution is -2.54. The Morgan fingerprint density at radius 3 is 2.50 bits per heavy atom. The second kappa shape index (κ2) is 4.41. The van der Waals surface area contributed by atoms with Crippen molar-refractivity contribution in [2.24, 2.45) is 16.7 Å². The first-order valence-electron chi connectivity index (χ1n) is 7.76. The molecular formula is C16H29NS. The second-order valence-corrected chi connectivity index (χ2v) is 8.90. The normalized spacial score (nSPS) is 50.0. The van der Waals surface area contributed by atoms with Gasteiger partial charge in [-0.1, -0.05) is 27.2 Å². The van der Waals surface area contributed by atoms with E-state index in [0.717, 1.165) is 23.3 Å². The third-order valence-electron chi connectivity index (χ3n) is 6.41. The van der Waals surface area contributed by atoms with Gasteiger partial charge in [-0.15, -0.1) is 0 Å². The van der Waals surface area contributed by atoms with Crippen molar-refractivity contribution in [2.45, 2.75) is 76.6 Å². The van der Waals surface area contributed by atoms with E-state index in [9.17, 15) is 0 Å². The monoisotopic (exact) mass is 267 g/mol. The molecule has 3 aliphatic rings. The second-order valence-electron chi connectivity index (χ2n) is 7.83. The maximum atomic E-state index is 4.12. The fraction of sp³-hybridized carbons (Fsp3) is 1.00. The Morgan fingerprint density at radius 2 is 1.89 bits per heavy atom. The summed E-state index contributed by atoms with van der Waals surface area (Å²) in [7, 11) is 0. The summed E-state index contributed by atoms with van der Waals surface area (Å²) in [5, 5.41) is 4.98. The zero-order valence-electron chi connectivity index (χ0n) is 12.5. The number of nitrogens with one attached hydrogen (secondary N) is 1. The van der Waals surface area contributed by atoms with Crippen LogP contribution in [0.3, 0.4) is 0 Å². The highest BCUT2D eigenvalue weighted by atomic mass is 32.2. The van der Waals surface area contributed by atoms with Crippen molar-refractivity contribution in [1.82, 2.24) is 5.32 Å². The predicted molar refractivity (Wildman–Crippen MR) is 81.1 cm³/mol. The van der Waals surface area contributed by atoms with Crippen LogP contribution in [0.15, 0.2) is 0 Å². The van der Waals surface area contributed by atoms with E-state index < -0.39 is 0 Å². The van der Waals surface area contributed by atoms with Gasteiger partial charge in [0, 0.05) is 17.3 Å². The molecule has 0 saturated heterocycles. The molecule has 0 aromatic heterocycles. The summed E-state index contributed by atoms with van der Waals surface area (Å²) >= 11 is 2.08. The molecule has 5 atom stereocenters. The molecule has 1 nitrogen and oxygen atoms in total. The zero-order chi connectivity index (χ0) is 13.0. The van der Waals surface area contributed by atoms with E-state index in [1.54, 1.807) is 0 Å². The summed E-state index contributed by atoms with van der Waals surface area (Å²) in [6.45, 7) is 7.58. The molecule has 2 bridgehead atoms. The molecule has 2 heteroatoms. The van der Waals surface area contributed by atoms with Gasteiger partial charge in [0.05, 0.1) is 0 Å². The zero-order valence-corrected chi connectivity index (χ0v) is 13.3. The van der Waals surface area contributed by atoms with Crippen LogP contribution < -0.4 is 5.32 Å². The van der Waals surface area contributed by atoms with Crippen LogP contribution >= 0.6 is 11.8 Å². The van der Waals surface area contributed by atoms with Crippen molar-refractivity contribution in [3.05, 3.63) is 0 Å².